The Balaban J connectivity index is 1.69. The van der Waals surface area contributed by atoms with E-state index in [2.05, 4.69) is 20.5 Å². The highest BCUT2D eigenvalue weighted by Gasteiger charge is 2.30. The fourth-order valence-electron chi connectivity index (χ4n) is 2.77. The number of fused-ring (bicyclic) bond motifs is 2. The van der Waals surface area contributed by atoms with Gasteiger partial charge >= 0.3 is 0 Å². The van der Waals surface area contributed by atoms with Gasteiger partial charge in [-0.25, -0.2) is 28.2 Å². The molecule has 4 rings (SSSR count). The molecule has 0 aliphatic rings. The zero-order chi connectivity index (χ0) is 20.1. The average molecular weight is 399 g/mol. The first kappa shape index (κ1) is 18.3. The molecule has 2 heterocycles. The van der Waals surface area contributed by atoms with E-state index < -0.39 is 14.6 Å². The molecule has 0 spiro atoms. The molecule has 0 aliphatic carbocycles. The van der Waals surface area contributed by atoms with Crippen molar-refractivity contribution >= 4 is 37.6 Å². The molecule has 1 N–H and O–H groups in total. The van der Waals surface area contributed by atoms with E-state index in [0.29, 0.717) is 21.8 Å². The molecule has 4 aromatic rings. The van der Waals surface area contributed by atoms with Gasteiger partial charge in [0.05, 0.1) is 26.9 Å². The molecular weight excluding hydrogens is 381 g/mol. The van der Waals surface area contributed by atoms with Gasteiger partial charge in [0.2, 0.25) is 5.95 Å². The SMILES string of the molecule is CC(C)(C)S(=O)(=O)c1ccc2nc(Nn3ncc4cc(F)ccc43)ncc2c1. The number of sulfone groups is 1. The lowest BCUT2D eigenvalue weighted by molar-refractivity contribution is 0.560. The number of rotatable bonds is 3. The minimum Gasteiger partial charge on any atom is -0.245 e. The van der Waals surface area contributed by atoms with Crippen molar-refractivity contribution in [2.75, 3.05) is 5.43 Å². The van der Waals surface area contributed by atoms with Gasteiger partial charge < -0.3 is 0 Å². The van der Waals surface area contributed by atoms with E-state index in [-0.39, 0.29) is 16.7 Å². The summed E-state index contributed by atoms with van der Waals surface area (Å²) >= 11 is 0. The van der Waals surface area contributed by atoms with Crippen molar-refractivity contribution in [3.63, 3.8) is 0 Å². The third kappa shape index (κ3) is 3.07. The molecule has 0 aliphatic heterocycles. The lowest BCUT2D eigenvalue weighted by Crippen LogP contribution is -2.27. The monoisotopic (exact) mass is 399 g/mol. The van der Waals surface area contributed by atoms with Gasteiger partial charge in [0.25, 0.3) is 0 Å². The quantitative estimate of drug-likeness (QED) is 0.566. The number of nitrogens with one attached hydrogen (secondary N) is 1. The van der Waals surface area contributed by atoms with Gasteiger partial charge in [-0.2, -0.15) is 9.89 Å². The van der Waals surface area contributed by atoms with Crippen LogP contribution in [0.4, 0.5) is 10.3 Å². The van der Waals surface area contributed by atoms with Crippen LogP contribution in [0.25, 0.3) is 21.8 Å². The summed E-state index contributed by atoms with van der Waals surface area (Å²) in [6.45, 7) is 4.99. The highest BCUT2D eigenvalue weighted by atomic mass is 32.2. The maximum absolute atomic E-state index is 13.3. The Morgan fingerprint density at radius 1 is 1.04 bits per heavy atom. The Labute approximate surface area is 161 Å². The molecule has 0 bridgehead atoms. The number of aromatic nitrogens is 4. The first-order valence-corrected chi connectivity index (χ1v) is 10.1. The van der Waals surface area contributed by atoms with Crippen molar-refractivity contribution in [2.45, 2.75) is 30.4 Å². The molecule has 0 unspecified atom stereocenters. The Bertz CT molecular complexity index is 1310. The lowest BCUT2D eigenvalue weighted by Gasteiger charge is -2.19. The number of nitrogens with zero attached hydrogens (tertiary/aromatic N) is 4. The summed E-state index contributed by atoms with van der Waals surface area (Å²) in [5.41, 5.74) is 4.22. The van der Waals surface area contributed by atoms with Crippen LogP contribution in [0.5, 0.6) is 0 Å². The average Bonchev–Trinajstić information content (AvgIpc) is 3.02. The van der Waals surface area contributed by atoms with Crippen LogP contribution in [0.3, 0.4) is 0 Å². The standard InChI is InChI=1S/C19H18FN5O2S/c1-19(2,3)28(26,27)15-5-6-16-12(9-15)10-21-18(23-16)24-25-17-7-4-14(20)8-13(17)11-22-25/h4-11H,1-3H3,(H,21,23,24). The summed E-state index contributed by atoms with van der Waals surface area (Å²) in [5.74, 6) is -0.0525. The van der Waals surface area contributed by atoms with Crippen LogP contribution in [0.1, 0.15) is 20.8 Å². The van der Waals surface area contributed by atoms with Crippen LogP contribution in [-0.2, 0) is 9.84 Å². The molecule has 0 fully saturated rings. The number of benzene rings is 2. The van der Waals surface area contributed by atoms with Gasteiger partial charge in [-0.1, -0.05) is 0 Å². The molecule has 0 atom stereocenters. The summed E-state index contributed by atoms with van der Waals surface area (Å²) in [6.07, 6.45) is 3.09. The summed E-state index contributed by atoms with van der Waals surface area (Å²) in [5, 5.41) is 5.42. The summed E-state index contributed by atoms with van der Waals surface area (Å²) in [6, 6.07) is 9.11. The minimum atomic E-state index is -3.46. The predicted molar refractivity (Wildman–Crippen MR) is 105 cm³/mol. The van der Waals surface area contributed by atoms with Crippen molar-refractivity contribution in [3.8, 4) is 0 Å². The van der Waals surface area contributed by atoms with Crippen molar-refractivity contribution in [3.05, 3.63) is 54.6 Å². The molecule has 2 aromatic carbocycles. The second kappa shape index (κ2) is 6.23. The molecule has 28 heavy (non-hydrogen) atoms. The normalized spacial score (nSPS) is 12.6. The third-order valence-electron chi connectivity index (χ3n) is 4.40. The first-order valence-electron chi connectivity index (χ1n) is 8.57. The van der Waals surface area contributed by atoms with E-state index in [1.54, 1.807) is 51.2 Å². The molecule has 2 aromatic heterocycles. The molecular formula is C19H18FN5O2S. The van der Waals surface area contributed by atoms with E-state index in [1.165, 1.54) is 23.1 Å². The topological polar surface area (TPSA) is 89.8 Å². The molecule has 0 saturated heterocycles. The van der Waals surface area contributed by atoms with Gasteiger partial charge in [-0.3, -0.25) is 0 Å². The first-order chi connectivity index (χ1) is 13.1. The highest BCUT2D eigenvalue weighted by molar-refractivity contribution is 7.92. The number of halogens is 1. The summed E-state index contributed by atoms with van der Waals surface area (Å²) in [4.78, 5) is 10.3. The summed E-state index contributed by atoms with van der Waals surface area (Å²) < 4.78 is 37.7. The zero-order valence-electron chi connectivity index (χ0n) is 15.5. The van der Waals surface area contributed by atoms with Gasteiger partial charge in [-0.15, -0.1) is 0 Å². The van der Waals surface area contributed by atoms with Gasteiger partial charge in [-0.05, 0) is 57.2 Å². The number of anilines is 1. The fraction of sp³-hybridized carbons (Fsp3) is 0.211. The smallest absolute Gasteiger partial charge is 0.244 e. The second-order valence-electron chi connectivity index (χ2n) is 7.40. The number of hydrogen-bond acceptors (Lipinski definition) is 6. The molecule has 0 amide bonds. The Kier molecular flexibility index (Phi) is 4.07. The van der Waals surface area contributed by atoms with E-state index in [9.17, 15) is 12.8 Å². The Morgan fingerprint density at radius 3 is 2.57 bits per heavy atom. The van der Waals surface area contributed by atoms with Crippen LogP contribution in [0.15, 0.2) is 53.7 Å². The third-order valence-corrected chi connectivity index (χ3v) is 6.89. The van der Waals surface area contributed by atoms with E-state index >= 15 is 0 Å². The molecule has 0 saturated carbocycles. The van der Waals surface area contributed by atoms with Gasteiger partial charge in [0.15, 0.2) is 9.84 Å². The van der Waals surface area contributed by atoms with Crippen molar-refractivity contribution in [1.82, 2.24) is 19.9 Å². The van der Waals surface area contributed by atoms with E-state index in [4.69, 9.17) is 0 Å². The lowest BCUT2D eigenvalue weighted by atomic mass is 10.2. The maximum Gasteiger partial charge on any atom is 0.244 e. The molecule has 7 nitrogen and oxygen atoms in total. The van der Waals surface area contributed by atoms with Crippen LogP contribution >= 0.6 is 0 Å². The van der Waals surface area contributed by atoms with Crippen molar-refractivity contribution in [1.29, 1.82) is 0 Å². The molecule has 0 radical (unpaired) electrons. The highest BCUT2D eigenvalue weighted by Crippen LogP contribution is 2.27. The minimum absolute atomic E-state index is 0.233. The fourth-order valence-corrected chi connectivity index (χ4v) is 4.01. The van der Waals surface area contributed by atoms with Crippen molar-refractivity contribution < 1.29 is 12.8 Å². The Hall–Kier alpha value is -3.07. The zero-order valence-corrected chi connectivity index (χ0v) is 16.3. The van der Waals surface area contributed by atoms with Crippen LogP contribution < -0.4 is 5.43 Å². The maximum atomic E-state index is 13.3. The van der Waals surface area contributed by atoms with Crippen molar-refractivity contribution in [2.24, 2.45) is 0 Å². The van der Waals surface area contributed by atoms with Crippen LogP contribution in [0.2, 0.25) is 0 Å². The van der Waals surface area contributed by atoms with Crippen LogP contribution in [0, 0.1) is 5.82 Å². The Morgan fingerprint density at radius 2 is 1.82 bits per heavy atom. The predicted octanol–water partition coefficient (Wildman–Crippen LogP) is 3.57. The second-order valence-corrected chi connectivity index (χ2v) is 10.1. The van der Waals surface area contributed by atoms with Gasteiger partial charge in [0, 0.05) is 17.0 Å². The number of hydrogen-bond donors (Lipinski definition) is 1. The van der Waals surface area contributed by atoms with E-state index in [1.807, 2.05) is 0 Å². The van der Waals surface area contributed by atoms with E-state index in [0.717, 1.165) is 0 Å². The van der Waals surface area contributed by atoms with Gasteiger partial charge in [0.1, 0.15) is 5.82 Å². The molecule has 9 heteroatoms. The van der Waals surface area contributed by atoms with Crippen LogP contribution in [-0.4, -0.2) is 33.0 Å². The largest absolute Gasteiger partial charge is 0.245 e. The molecule has 144 valence electrons. The summed E-state index contributed by atoms with van der Waals surface area (Å²) in [7, 11) is -3.46.